The molecule has 10 heteroatoms. The van der Waals surface area contributed by atoms with Crippen molar-refractivity contribution >= 4 is 23.5 Å². The van der Waals surface area contributed by atoms with Crippen molar-refractivity contribution in [3.63, 3.8) is 0 Å². The highest BCUT2D eigenvalue weighted by atomic mass is 19.4. The summed E-state index contributed by atoms with van der Waals surface area (Å²) in [6, 6.07) is 5.76. The van der Waals surface area contributed by atoms with E-state index in [1.165, 1.54) is 0 Å². The number of nitrogens with zero attached hydrogens (tertiary/aromatic N) is 3. The number of benzene rings is 1. The van der Waals surface area contributed by atoms with E-state index in [4.69, 9.17) is 0 Å². The zero-order valence-electron chi connectivity index (χ0n) is 17.5. The molecule has 0 unspecified atom stereocenters. The molecule has 3 N–H and O–H groups in total. The van der Waals surface area contributed by atoms with Gasteiger partial charge in [0, 0.05) is 24.5 Å². The van der Waals surface area contributed by atoms with E-state index in [0.717, 1.165) is 30.2 Å². The topological polar surface area (TPSA) is 82.2 Å². The Kier molecular flexibility index (Phi) is 5.40. The summed E-state index contributed by atoms with van der Waals surface area (Å²) >= 11 is 0. The van der Waals surface area contributed by atoms with Crippen LogP contribution in [0.1, 0.15) is 62.4 Å². The van der Waals surface area contributed by atoms with E-state index in [-0.39, 0.29) is 35.9 Å². The number of aromatic nitrogens is 2. The molecular formula is C21H25F3N6O. The van der Waals surface area contributed by atoms with E-state index in [9.17, 15) is 18.0 Å². The maximum Gasteiger partial charge on any atom is 0.421 e. The number of carbonyl (C=O) groups excluding carboxylic acids is 1. The summed E-state index contributed by atoms with van der Waals surface area (Å²) in [5, 5.41) is 8.61. The summed E-state index contributed by atoms with van der Waals surface area (Å²) in [6.45, 7) is 5.86. The fourth-order valence-corrected chi connectivity index (χ4v) is 4.35. The molecule has 31 heavy (non-hydrogen) atoms. The van der Waals surface area contributed by atoms with E-state index >= 15 is 0 Å². The van der Waals surface area contributed by atoms with Crippen LogP contribution in [0.5, 0.6) is 0 Å². The van der Waals surface area contributed by atoms with Crippen molar-refractivity contribution in [1.82, 2.24) is 20.2 Å². The molecule has 0 radical (unpaired) electrons. The van der Waals surface area contributed by atoms with Gasteiger partial charge in [0.2, 0.25) is 5.95 Å². The highest BCUT2D eigenvalue weighted by molar-refractivity contribution is 5.78. The van der Waals surface area contributed by atoms with Crippen molar-refractivity contribution in [2.45, 2.75) is 57.9 Å². The first kappa shape index (κ1) is 21.2. The number of hydrogen-bond acceptors (Lipinski definition) is 5. The molecule has 2 aromatic rings. The molecule has 2 bridgehead atoms. The fourth-order valence-electron chi connectivity index (χ4n) is 4.35. The molecule has 4 rings (SSSR count). The van der Waals surface area contributed by atoms with Crippen molar-refractivity contribution in [2.24, 2.45) is 0 Å². The molecule has 0 saturated carbocycles. The summed E-state index contributed by atoms with van der Waals surface area (Å²) < 4.78 is 39.5. The van der Waals surface area contributed by atoms with Crippen molar-refractivity contribution < 1.29 is 18.0 Å². The predicted molar refractivity (Wildman–Crippen MR) is 111 cm³/mol. The zero-order valence-corrected chi connectivity index (χ0v) is 17.5. The molecule has 166 valence electrons. The molecule has 0 aliphatic carbocycles. The number of rotatable bonds is 5. The number of anilines is 3. The van der Waals surface area contributed by atoms with Crippen LogP contribution in [0, 0.1) is 0 Å². The number of carbonyl (C=O) groups is 1. The molecule has 1 aromatic heterocycles. The standard InChI is InChI=1S/C21H25F3N6O/c1-4-25-18-15(21(22,23)24)10-26-19(29-18)28-12-5-6-13-14(9-12)17-8-7-16(13)30(17)20(31)27-11(2)3/h5-6,9-11,16-17H,4,7-8H2,1-3H3,(H,27,31)(H2,25,26,28,29)/t16-,17+/m0/s1. The maximum absolute atomic E-state index is 13.2. The highest BCUT2D eigenvalue weighted by Crippen LogP contribution is 2.53. The third-order valence-electron chi connectivity index (χ3n) is 5.53. The molecule has 1 aromatic carbocycles. The number of amides is 2. The average molecular weight is 434 g/mol. The lowest BCUT2D eigenvalue weighted by atomic mass is 9.91. The summed E-state index contributed by atoms with van der Waals surface area (Å²) in [5.74, 6) is -0.189. The van der Waals surface area contributed by atoms with Crippen molar-refractivity contribution in [3.8, 4) is 0 Å². The number of nitrogens with one attached hydrogen (secondary N) is 3. The van der Waals surface area contributed by atoms with Crippen molar-refractivity contribution in [1.29, 1.82) is 0 Å². The SMILES string of the molecule is CCNc1nc(Nc2ccc3c(c2)[C@H]2CC[C@@H]3N2C(=O)NC(C)C)ncc1C(F)(F)F. The van der Waals surface area contributed by atoms with Crippen LogP contribution < -0.4 is 16.0 Å². The molecule has 7 nitrogen and oxygen atoms in total. The molecule has 2 amide bonds. The van der Waals surface area contributed by atoms with Gasteiger partial charge >= 0.3 is 12.2 Å². The van der Waals surface area contributed by atoms with Gasteiger partial charge in [0.05, 0.1) is 12.1 Å². The fraction of sp³-hybridized carbons (Fsp3) is 0.476. The lowest BCUT2D eigenvalue weighted by Crippen LogP contribution is -2.41. The molecule has 2 atom stereocenters. The average Bonchev–Trinajstić information content (AvgIpc) is 3.24. The molecular weight excluding hydrogens is 409 g/mol. The van der Waals surface area contributed by atoms with Crippen LogP contribution in [0.25, 0.3) is 0 Å². The predicted octanol–water partition coefficient (Wildman–Crippen LogP) is 4.98. The largest absolute Gasteiger partial charge is 0.421 e. The summed E-state index contributed by atoms with van der Waals surface area (Å²) in [5.41, 5.74) is 1.93. The van der Waals surface area contributed by atoms with Crippen molar-refractivity contribution in [3.05, 3.63) is 41.1 Å². The Morgan fingerprint density at radius 3 is 2.58 bits per heavy atom. The Hall–Kier alpha value is -3.04. The maximum atomic E-state index is 13.2. The second kappa shape index (κ2) is 7.90. The van der Waals surface area contributed by atoms with Crippen LogP contribution in [-0.2, 0) is 6.18 Å². The number of urea groups is 1. The number of alkyl halides is 3. The Morgan fingerprint density at radius 1 is 1.23 bits per heavy atom. The van der Waals surface area contributed by atoms with E-state index < -0.39 is 11.7 Å². The first-order valence-corrected chi connectivity index (χ1v) is 10.4. The van der Waals surface area contributed by atoms with Gasteiger partial charge in [0.25, 0.3) is 0 Å². The zero-order chi connectivity index (χ0) is 22.3. The summed E-state index contributed by atoms with van der Waals surface area (Å²) in [4.78, 5) is 22.4. The van der Waals surface area contributed by atoms with Gasteiger partial charge in [0.15, 0.2) is 0 Å². The lowest BCUT2D eigenvalue weighted by molar-refractivity contribution is -0.137. The second-order valence-electron chi connectivity index (χ2n) is 8.07. The lowest BCUT2D eigenvalue weighted by Gasteiger charge is -2.24. The van der Waals surface area contributed by atoms with E-state index in [1.54, 1.807) is 6.92 Å². The first-order valence-electron chi connectivity index (χ1n) is 10.4. The van der Waals surface area contributed by atoms with Crippen LogP contribution in [0.4, 0.5) is 35.4 Å². The van der Waals surface area contributed by atoms with Crippen LogP contribution >= 0.6 is 0 Å². The minimum atomic E-state index is -4.54. The van der Waals surface area contributed by atoms with E-state index in [0.29, 0.717) is 12.2 Å². The molecule has 1 fully saturated rings. The summed E-state index contributed by atoms with van der Waals surface area (Å²) in [7, 11) is 0. The van der Waals surface area contributed by atoms with Gasteiger partial charge in [-0.25, -0.2) is 9.78 Å². The van der Waals surface area contributed by atoms with Gasteiger partial charge < -0.3 is 20.9 Å². The van der Waals surface area contributed by atoms with Crippen LogP contribution in [0.3, 0.4) is 0 Å². The monoisotopic (exact) mass is 434 g/mol. The van der Waals surface area contributed by atoms with Gasteiger partial charge in [-0.05, 0) is 56.9 Å². The Balaban J connectivity index is 1.58. The van der Waals surface area contributed by atoms with Crippen LogP contribution in [0.15, 0.2) is 24.4 Å². The minimum Gasteiger partial charge on any atom is -0.370 e. The second-order valence-corrected chi connectivity index (χ2v) is 8.07. The molecule has 0 spiro atoms. The quantitative estimate of drug-likeness (QED) is 0.618. The summed E-state index contributed by atoms with van der Waals surface area (Å²) in [6.07, 6.45) is -1.96. The molecule has 2 aliphatic heterocycles. The Bertz CT molecular complexity index is 994. The Labute approximate surface area is 178 Å². The smallest absolute Gasteiger partial charge is 0.370 e. The van der Waals surface area contributed by atoms with Gasteiger partial charge in [-0.15, -0.1) is 0 Å². The third kappa shape index (κ3) is 3.98. The van der Waals surface area contributed by atoms with Crippen molar-refractivity contribution in [2.75, 3.05) is 17.2 Å². The van der Waals surface area contributed by atoms with Gasteiger partial charge in [-0.1, -0.05) is 6.07 Å². The first-order chi connectivity index (χ1) is 14.7. The van der Waals surface area contributed by atoms with Crippen LogP contribution in [0.2, 0.25) is 0 Å². The van der Waals surface area contributed by atoms with Gasteiger partial charge in [-0.2, -0.15) is 18.2 Å². The number of fused-ring (bicyclic) bond motifs is 5. The number of hydrogen-bond donors (Lipinski definition) is 3. The normalized spacial score (nSPS) is 19.5. The molecule has 2 aliphatic rings. The minimum absolute atomic E-state index is 0.00802. The number of halogens is 3. The molecule has 1 saturated heterocycles. The van der Waals surface area contributed by atoms with Gasteiger partial charge in [0.1, 0.15) is 11.4 Å². The van der Waals surface area contributed by atoms with Gasteiger partial charge in [-0.3, -0.25) is 0 Å². The highest BCUT2D eigenvalue weighted by Gasteiger charge is 2.46. The van der Waals surface area contributed by atoms with Crippen LogP contribution in [-0.4, -0.2) is 33.5 Å². The third-order valence-corrected chi connectivity index (χ3v) is 5.53. The van der Waals surface area contributed by atoms with E-state index in [2.05, 4.69) is 25.9 Å². The Morgan fingerprint density at radius 2 is 1.94 bits per heavy atom. The molecule has 3 heterocycles. The van der Waals surface area contributed by atoms with E-state index in [1.807, 2.05) is 36.9 Å².